The quantitative estimate of drug-likeness (QED) is 0.399. The molecule has 0 fully saturated rings. The minimum absolute atomic E-state index is 0.00285. The molecule has 0 saturated heterocycles. The van der Waals surface area contributed by atoms with Crippen LogP contribution in [-0.4, -0.2) is 11.8 Å². The van der Waals surface area contributed by atoms with Gasteiger partial charge in [0.1, 0.15) is 5.25 Å². The molecule has 3 aromatic rings. The number of carbonyl (C=O) groups excluding carboxylic acids is 2. The van der Waals surface area contributed by atoms with Gasteiger partial charge in [0.25, 0.3) is 0 Å². The Labute approximate surface area is 188 Å². The Morgan fingerprint density at radius 3 is 2.39 bits per heavy atom. The summed E-state index contributed by atoms with van der Waals surface area (Å²) in [5, 5.41) is 5.60. The maximum atomic E-state index is 13.3. The zero-order valence-electron chi connectivity index (χ0n) is 18.1. The predicted octanol–water partition coefficient (Wildman–Crippen LogP) is 6.51. The van der Waals surface area contributed by atoms with E-state index in [1.165, 1.54) is 11.8 Å². The molecule has 1 unspecified atom stereocenters. The van der Waals surface area contributed by atoms with Crippen LogP contribution in [0.25, 0.3) is 0 Å². The second kappa shape index (κ2) is 10.8. The molecule has 0 saturated carbocycles. The van der Waals surface area contributed by atoms with Crippen molar-refractivity contribution in [3.05, 3.63) is 89.5 Å². The number of thioether (sulfide) groups is 1. The third-order valence-corrected chi connectivity index (χ3v) is 6.30. The summed E-state index contributed by atoms with van der Waals surface area (Å²) in [7, 11) is 0. The highest BCUT2D eigenvalue weighted by Gasteiger charge is 2.23. The summed E-state index contributed by atoms with van der Waals surface area (Å²) in [4.78, 5) is 26.2. The second-order valence-corrected chi connectivity index (χ2v) is 8.65. The SMILES string of the molecule is CCCC(=O)Nc1cccc(SC(C(=O)Nc2cccc(C)c2C)c2ccccc2)c1. The van der Waals surface area contributed by atoms with E-state index in [9.17, 15) is 9.59 Å². The average Bonchev–Trinajstić information content (AvgIpc) is 2.76. The number of aryl methyl sites for hydroxylation is 1. The maximum absolute atomic E-state index is 13.3. The maximum Gasteiger partial charge on any atom is 0.242 e. The van der Waals surface area contributed by atoms with E-state index in [2.05, 4.69) is 10.6 Å². The van der Waals surface area contributed by atoms with Crippen molar-refractivity contribution in [2.45, 2.75) is 43.8 Å². The summed E-state index contributed by atoms with van der Waals surface area (Å²) in [5.74, 6) is -0.0813. The van der Waals surface area contributed by atoms with E-state index < -0.39 is 5.25 Å². The second-order valence-electron chi connectivity index (χ2n) is 7.47. The summed E-state index contributed by atoms with van der Waals surface area (Å²) in [6, 6.07) is 23.3. The minimum atomic E-state index is -0.428. The molecule has 0 aromatic heterocycles. The van der Waals surface area contributed by atoms with Crippen LogP contribution in [0.1, 0.15) is 41.7 Å². The van der Waals surface area contributed by atoms with Gasteiger partial charge in [0.2, 0.25) is 11.8 Å². The number of hydrogen-bond donors (Lipinski definition) is 2. The molecule has 0 bridgehead atoms. The topological polar surface area (TPSA) is 58.2 Å². The average molecular weight is 433 g/mol. The first-order valence-corrected chi connectivity index (χ1v) is 11.3. The lowest BCUT2D eigenvalue weighted by atomic mass is 10.1. The predicted molar refractivity (Wildman–Crippen MR) is 130 cm³/mol. The third-order valence-electron chi connectivity index (χ3n) is 5.05. The summed E-state index contributed by atoms with van der Waals surface area (Å²) in [5.41, 5.74) is 4.69. The molecule has 2 amide bonds. The van der Waals surface area contributed by atoms with Crippen molar-refractivity contribution in [2.24, 2.45) is 0 Å². The van der Waals surface area contributed by atoms with E-state index in [1.54, 1.807) is 0 Å². The van der Waals surface area contributed by atoms with E-state index in [-0.39, 0.29) is 11.8 Å². The summed E-state index contributed by atoms with van der Waals surface area (Å²) in [6.45, 7) is 6.02. The number of carbonyl (C=O) groups is 2. The first-order chi connectivity index (χ1) is 15.0. The molecule has 3 aromatic carbocycles. The van der Waals surface area contributed by atoms with Gasteiger partial charge >= 0.3 is 0 Å². The number of nitrogens with one attached hydrogen (secondary N) is 2. The molecule has 0 spiro atoms. The number of hydrogen-bond acceptors (Lipinski definition) is 3. The summed E-state index contributed by atoms with van der Waals surface area (Å²) in [6.07, 6.45) is 1.29. The lowest BCUT2D eigenvalue weighted by Crippen LogP contribution is -2.19. The normalized spacial score (nSPS) is 11.6. The molecule has 0 aliphatic carbocycles. The van der Waals surface area contributed by atoms with Gasteiger partial charge in [0.05, 0.1) is 0 Å². The van der Waals surface area contributed by atoms with Crippen molar-refractivity contribution >= 4 is 35.0 Å². The van der Waals surface area contributed by atoms with Crippen LogP contribution in [0.15, 0.2) is 77.7 Å². The Morgan fingerprint density at radius 2 is 1.65 bits per heavy atom. The third kappa shape index (κ3) is 6.22. The van der Waals surface area contributed by atoms with Gasteiger partial charge in [-0.25, -0.2) is 0 Å². The summed E-state index contributed by atoms with van der Waals surface area (Å²) >= 11 is 1.47. The fourth-order valence-corrected chi connectivity index (χ4v) is 4.30. The molecule has 4 nitrogen and oxygen atoms in total. The molecule has 0 radical (unpaired) electrons. The number of amides is 2. The first kappa shape index (κ1) is 22.6. The Balaban J connectivity index is 1.84. The van der Waals surface area contributed by atoms with Gasteiger partial charge in [-0.3, -0.25) is 9.59 Å². The molecule has 3 rings (SSSR count). The molecule has 2 N–H and O–H groups in total. The molecule has 0 aliphatic rings. The zero-order chi connectivity index (χ0) is 22.2. The standard InChI is InChI=1S/C26H28N2O2S/c1-4-10-24(29)27-21-14-9-15-22(17-21)31-25(20-12-6-5-7-13-20)26(30)28-23-16-8-11-18(2)19(23)3/h5-9,11-17,25H,4,10H2,1-3H3,(H,27,29)(H,28,30). The zero-order valence-corrected chi connectivity index (χ0v) is 19.0. The monoisotopic (exact) mass is 432 g/mol. The molecule has 5 heteroatoms. The van der Waals surface area contributed by atoms with E-state index in [0.717, 1.165) is 39.4 Å². The van der Waals surface area contributed by atoms with Crippen molar-refractivity contribution < 1.29 is 9.59 Å². The van der Waals surface area contributed by atoms with Gasteiger partial charge in [-0.15, -0.1) is 11.8 Å². The van der Waals surface area contributed by atoms with Crippen LogP contribution >= 0.6 is 11.8 Å². The Hall–Kier alpha value is -3.05. The van der Waals surface area contributed by atoms with Gasteiger partial charge in [-0.05, 0) is 61.2 Å². The van der Waals surface area contributed by atoms with Gasteiger partial charge in [0, 0.05) is 22.7 Å². The van der Waals surface area contributed by atoms with Crippen LogP contribution in [0, 0.1) is 13.8 Å². The molecule has 0 heterocycles. The molecule has 31 heavy (non-hydrogen) atoms. The Kier molecular flexibility index (Phi) is 7.90. The van der Waals surface area contributed by atoms with Crippen molar-refractivity contribution in [3.63, 3.8) is 0 Å². The van der Waals surface area contributed by atoms with Crippen molar-refractivity contribution in [3.8, 4) is 0 Å². The highest BCUT2D eigenvalue weighted by molar-refractivity contribution is 8.00. The smallest absolute Gasteiger partial charge is 0.242 e. The highest BCUT2D eigenvalue weighted by Crippen LogP contribution is 2.37. The van der Waals surface area contributed by atoms with Crippen LogP contribution < -0.4 is 10.6 Å². The first-order valence-electron chi connectivity index (χ1n) is 10.5. The van der Waals surface area contributed by atoms with Crippen molar-refractivity contribution in [1.82, 2.24) is 0 Å². The van der Waals surface area contributed by atoms with Crippen LogP contribution in [0.4, 0.5) is 11.4 Å². The van der Waals surface area contributed by atoms with E-state index >= 15 is 0 Å². The fraction of sp³-hybridized carbons (Fsp3) is 0.231. The lowest BCUT2D eigenvalue weighted by molar-refractivity contribution is -0.116. The van der Waals surface area contributed by atoms with Crippen LogP contribution in [0.2, 0.25) is 0 Å². The fourth-order valence-electron chi connectivity index (χ4n) is 3.22. The van der Waals surface area contributed by atoms with Crippen molar-refractivity contribution in [2.75, 3.05) is 10.6 Å². The van der Waals surface area contributed by atoms with E-state index in [1.807, 2.05) is 93.6 Å². The lowest BCUT2D eigenvalue weighted by Gasteiger charge is -2.19. The molecule has 160 valence electrons. The van der Waals surface area contributed by atoms with Crippen molar-refractivity contribution in [1.29, 1.82) is 0 Å². The van der Waals surface area contributed by atoms with Gasteiger partial charge in [-0.2, -0.15) is 0 Å². The number of rotatable bonds is 8. The minimum Gasteiger partial charge on any atom is -0.326 e. The van der Waals surface area contributed by atoms with Crippen LogP contribution in [-0.2, 0) is 9.59 Å². The number of benzene rings is 3. The molecular weight excluding hydrogens is 404 g/mol. The Morgan fingerprint density at radius 1 is 0.903 bits per heavy atom. The largest absolute Gasteiger partial charge is 0.326 e. The van der Waals surface area contributed by atoms with Gasteiger partial charge < -0.3 is 10.6 Å². The molecule has 0 aliphatic heterocycles. The summed E-state index contributed by atoms with van der Waals surface area (Å²) < 4.78 is 0. The Bertz CT molecular complexity index is 1050. The van der Waals surface area contributed by atoms with E-state index in [4.69, 9.17) is 0 Å². The van der Waals surface area contributed by atoms with E-state index in [0.29, 0.717) is 6.42 Å². The van der Waals surface area contributed by atoms with Crippen LogP contribution in [0.3, 0.4) is 0 Å². The van der Waals surface area contributed by atoms with Gasteiger partial charge in [0.15, 0.2) is 0 Å². The van der Waals surface area contributed by atoms with Gasteiger partial charge in [-0.1, -0.05) is 55.5 Å². The molecular formula is C26H28N2O2S. The number of anilines is 2. The van der Waals surface area contributed by atoms with Crippen LogP contribution in [0.5, 0.6) is 0 Å². The molecule has 1 atom stereocenters. The highest BCUT2D eigenvalue weighted by atomic mass is 32.2.